The maximum absolute atomic E-state index is 13.5. The SMILES string of the molecule is CCn1c(CNC(=O)c2ccc(OC)cc2)nnc1SCC(=O)N1c2ccccc2Sc2ccccc21. The number of carbonyl (C=O) groups excluding carboxylic acids is 2. The van der Waals surface area contributed by atoms with Gasteiger partial charge < -0.3 is 14.6 Å². The van der Waals surface area contributed by atoms with Gasteiger partial charge in [0.15, 0.2) is 11.0 Å². The third kappa shape index (κ3) is 5.21. The Morgan fingerprint density at radius 3 is 2.22 bits per heavy atom. The van der Waals surface area contributed by atoms with Gasteiger partial charge in [0.05, 0.1) is 30.8 Å². The van der Waals surface area contributed by atoms with E-state index in [1.807, 2.05) is 60.0 Å². The first-order valence-electron chi connectivity index (χ1n) is 11.7. The Bertz CT molecular complexity index is 1390. The van der Waals surface area contributed by atoms with Gasteiger partial charge in [-0.25, -0.2) is 0 Å². The molecule has 1 aromatic heterocycles. The van der Waals surface area contributed by atoms with E-state index in [1.165, 1.54) is 11.8 Å². The topological polar surface area (TPSA) is 89.4 Å². The molecule has 0 aliphatic carbocycles. The van der Waals surface area contributed by atoms with Crippen LogP contribution in [0.2, 0.25) is 0 Å². The number of benzene rings is 3. The van der Waals surface area contributed by atoms with Crippen LogP contribution >= 0.6 is 23.5 Å². The summed E-state index contributed by atoms with van der Waals surface area (Å²) in [4.78, 5) is 29.9. The number of aromatic nitrogens is 3. The number of amides is 2. The van der Waals surface area contributed by atoms with Crippen molar-refractivity contribution in [2.24, 2.45) is 0 Å². The Balaban J connectivity index is 1.27. The number of anilines is 2. The van der Waals surface area contributed by atoms with Crippen molar-refractivity contribution in [1.29, 1.82) is 0 Å². The molecule has 0 saturated carbocycles. The summed E-state index contributed by atoms with van der Waals surface area (Å²) < 4.78 is 7.06. The Kier molecular flexibility index (Phi) is 7.47. The van der Waals surface area contributed by atoms with Crippen LogP contribution in [0, 0.1) is 0 Å². The molecule has 1 N–H and O–H groups in total. The Hall–Kier alpha value is -3.76. The summed E-state index contributed by atoms with van der Waals surface area (Å²) >= 11 is 3.01. The van der Waals surface area contributed by atoms with Crippen molar-refractivity contribution in [3.63, 3.8) is 0 Å². The molecule has 8 nitrogen and oxygen atoms in total. The molecular formula is C27H25N5O3S2. The molecule has 0 fully saturated rings. The van der Waals surface area contributed by atoms with Crippen LogP contribution < -0.4 is 15.0 Å². The largest absolute Gasteiger partial charge is 0.497 e. The molecule has 0 saturated heterocycles. The van der Waals surface area contributed by atoms with Gasteiger partial charge in [0.1, 0.15) is 5.75 Å². The number of fused-ring (bicyclic) bond motifs is 2. The van der Waals surface area contributed by atoms with Crippen LogP contribution in [0.15, 0.2) is 87.7 Å². The number of para-hydroxylation sites is 2. The van der Waals surface area contributed by atoms with Crippen LogP contribution in [0.5, 0.6) is 5.75 Å². The molecule has 1 aliphatic rings. The molecule has 5 rings (SSSR count). The maximum atomic E-state index is 13.5. The van der Waals surface area contributed by atoms with Crippen molar-refractivity contribution in [3.8, 4) is 5.75 Å². The Labute approximate surface area is 223 Å². The molecule has 0 atom stereocenters. The van der Waals surface area contributed by atoms with Crippen LogP contribution in [0.4, 0.5) is 11.4 Å². The van der Waals surface area contributed by atoms with E-state index in [2.05, 4.69) is 15.5 Å². The molecule has 2 heterocycles. The number of hydrogen-bond acceptors (Lipinski definition) is 7. The van der Waals surface area contributed by atoms with Crippen molar-refractivity contribution in [3.05, 3.63) is 84.2 Å². The fourth-order valence-electron chi connectivity index (χ4n) is 4.04. The highest BCUT2D eigenvalue weighted by molar-refractivity contribution is 8.00. The fourth-order valence-corrected chi connectivity index (χ4v) is 5.97. The van der Waals surface area contributed by atoms with Crippen molar-refractivity contribution in [2.75, 3.05) is 17.8 Å². The summed E-state index contributed by atoms with van der Waals surface area (Å²) in [6, 6.07) is 22.8. The minimum atomic E-state index is -0.210. The number of nitrogens with one attached hydrogen (secondary N) is 1. The van der Waals surface area contributed by atoms with Gasteiger partial charge in [0.25, 0.3) is 5.91 Å². The van der Waals surface area contributed by atoms with E-state index in [9.17, 15) is 9.59 Å². The van der Waals surface area contributed by atoms with Crippen molar-refractivity contribution >= 4 is 46.7 Å². The normalized spacial score (nSPS) is 12.0. The number of nitrogens with zero attached hydrogens (tertiary/aromatic N) is 4. The minimum Gasteiger partial charge on any atom is -0.497 e. The second kappa shape index (κ2) is 11.1. The Morgan fingerprint density at radius 2 is 1.59 bits per heavy atom. The predicted molar refractivity (Wildman–Crippen MR) is 145 cm³/mol. The predicted octanol–water partition coefficient (Wildman–Crippen LogP) is 5.16. The van der Waals surface area contributed by atoms with E-state index in [1.54, 1.807) is 48.0 Å². The van der Waals surface area contributed by atoms with Crippen LogP contribution in [0.25, 0.3) is 0 Å². The molecular weight excluding hydrogens is 506 g/mol. The lowest BCUT2D eigenvalue weighted by Gasteiger charge is -2.30. The lowest BCUT2D eigenvalue weighted by Crippen LogP contribution is -2.30. The number of thioether (sulfide) groups is 1. The van der Waals surface area contributed by atoms with Gasteiger partial charge >= 0.3 is 0 Å². The quantitative estimate of drug-likeness (QED) is 0.314. The van der Waals surface area contributed by atoms with Crippen molar-refractivity contribution < 1.29 is 14.3 Å². The van der Waals surface area contributed by atoms with Gasteiger partial charge in [-0.3, -0.25) is 14.5 Å². The summed E-state index contributed by atoms with van der Waals surface area (Å²) in [5.41, 5.74) is 2.30. The average molecular weight is 532 g/mol. The molecule has 0 radical (unpaired) electrons. The molecule has 0 bridgehead atoms. The van der Waals surface area contributed by atoms with Crippen LogP contribution in [-0.2, 0) is 17.9 Å². The first kappa shape index (κ1) is 24.9. The van der Waals surface area contributed by atoms with Crippen LogP contribution in [0.3, 0.4) is 0 Å². The summed E-state index contributed by atoms with van der Waals surface area (Å²) in [6.07, 6.45) is 0. The smallest absolute Gasteiger partial charge is 0.251 e. The van der Waals surface area contributed by atoms with Gasteiger partial charge in [-0.05, 0) is 55.5 Å². The number of hydrogen-bond donors (Lipinski definition) is 1. The lowest BCUT2D eigenvalue weighted by molar-refractivity contribution is -0.115. The monoisotopic (exact) mass is 531 g/mol. The van der Waals surface area contributed by atoms with Crippen molar-refractivity contribution in [2.45, 2.75) is 35.0 Å². The van der Waals surface area contributed by atoms with Gasteiger partial charge in [-0.1, -0.05) is 47.8 Å². The highest BCUT2D eigenvalue weighted by Crippen LogP contribution is 2.48. The molecule has 188 valence electrons. The summed E-state index contributed by atoms with van der Waals surface area (Å²) in [7, 11) is 1.58. The van der Waals surface area contributed by atoms with Gasteiger partial charge in [-0.2, -0.15) is 0 Å². The van der Waals surface area contributed by atoms with E-state index in [0.29, 0.717) is 28.8 Å². The first-order chi connectivity index (χ1) is 18.1. The highest BCUT2D eigenvalue weighted by atomic mass is 32.2. The zero-order chi connectivity index (χ0) is 25.8. The number of carbonyl (C=O) groups is 2. The lowest BCUT2D eigenvalue weighted by atomic mass is 10.2. The first-order valence-corrected chi connectivity index (χ1v) is 13.5. The molecule has 1 aliphatic heterocycles. The number of methoxy groups -OCH3 is 1. The third-order valence-electron chi connectivity index (χ3n) is 5.88. The second-order valence-corrected chi connectivity index (χ2v) is 10.1. The number of rotatable bonds is 8. The van der Waals surface area contributed by atoms with Crippen molar-refractivity contribution in [1.82, 2.24) is 20.1 Å². The summed E-state index contributed by atoms with van der Waals surface area (Å²) in [6.45, 7) is 2.83. The number of ether oxygens (including phenoxy) is 1. The van der Waals surface area contributed by atoms with Crippen LogP contribution in [0.1, 0.15) is 23.1 Å². The summed E-state index contributed by atoms with van der Waals surface area (Å²) in [5.74, 6) is 1.27. The van der Waals surface area contributed by atoms with E-state index in [0.717, 1.165) is 21.2 Å². The van der Waals surface area contributed by atoms with E-state index < -0.39 is 0 Å². The van der Waals surface area contributed by atoms with Gasteiger partial charge in [0.2, 0.25) is 5.91 Å². The van der Waals surface area contributed by atoms with E-state index >= 15 is 0 Å². The average Bonchev–Trinajstić information content (AvgIpc) is 3.35. The van der Waals surface area contributed by atoms with E-state index in [4.69, 9.17) is 4.74 Å². The molecule has 2 amide bonds. The molecule has 4 aromatic rings. The van der Waals surface area contributed by atoms with E-state index in [-0.39, 0.29) is 24.1 Å². The molecule has 10 heteroatoms. The molecule has 3 aromatic carbocycles. The summed E-state index contributed by atoms with van der Waals surface area (Å²) in [5, 5.41) is 12.1. The van der Waals surface area contributed by atoms with Gasteiger partial charge in [-0.15, -0.1) is 10.2 Å². The molecule has 0 spiro atoms. The second-order valence-electron chi connectivity index (χ2n) is 8.11. The Morgan fingerprint density at radius 1 is 0.946 bits per heavy atom. The van der Waals surface area contributed by atoms with Gasteiger partial charge in [0, 0.05) is 21.9 Å². The highest BCUT2D eigenvalue weighted by Gasteiger charge is 2.28. The van der Waals surface area contributed by atoms with Crippen LogP contribution in [-0.4, -0.2) is 39.4 Å². The zero-order valence-electron chi connectivity index (χ0n) is 20.4. The molecule has 37 heavy (non-hydrogen) atoms. The standard InChI is InChI=1S/C27H25N5O3S2/c1-3-31-24(16-28-26(34)18-12-14-19(35-2)15-13-18)29-30-27(31)36-17-25(33)32-20-8-4-6-10-22(20)37-23-11-7-5-9-21(23)32/h4-15H,3,16-17H2,1-2H3,(H,28,34). The molecule has 0 unspecified atom stereocenters. The fraction of sp³-hybridized carbons (Fsp3) is 0.185. The minimum absolute atomic E-state index is 0.0368. The maximum Gasteiger partial charge on any atom is 0.251 e. The zero-order valence-corrected chi connectivity index (χ0v) is 22.0. The third-order valence-corrected chi connectivity index (χ3v) is 7.96.